The standard InChI is InChI=1S/C12H10ClN3S/c1-7-11(17-12(15)16-7)5-9-3-2-8(6-14)4-10(9)13/h2-4H,5H2,1H3,(H2,15,16). The van der Waals surface area contributed by atoms with Gasteiger partial charge in [-0.05, 0) is 24.6 Å². The van der Waals surface area contributed by atoms with Gasteiger partial charge in [0.1, 0.15) is 0 Å². The maximum Gasteiger partial charge on any atom is 0.180 e. The Morgan fingerprint density at radius 2 is 2.29 bits per heavy atom. The van der Waals surface area contributed by atoms with Crippen molar-refractivity contribution >= 4 is 28.1 Å². The topological polar surface area (TPSA) is 62.7 Å². The van der Waals surface area contributed by atoms with Gasteiger partial charge in [0.2, 0.25) is 0 Å². The van der Waals surface area contributed by atoms with Gasteiger partial charge in [-0.1, -0.05) is 17.7 Å². The van der Waals surface area contributed by atoms with Crippen LogP contribution in [0.2, 0.25) is 5.02 Å². The highest BCUT2D eigenvalue weighted by Gasteiger charge is 2.09. The van der Waals surface area contributed by atoms with Crippen LogP contribution in [0.15, 0.2) is 18.2 Å². The normalized spacial score (nSPS) is 10.2. The summed E-state index contributed by atoms with van der Waals surface area (Å²) in [7, 11) is 0. The molecule has 0 fully saturated rings. The maximum absolute atomic E-state index is 8.76. The zero-order chi connectivity index (χ0) is 12.4. The van der Waals surface area contributed by atoms with E-state index in [0.717, 1.165) is 16.1 Å². The summed E-state index contributed by atoms with van der Waals surface area (Å²) in [5.41, 5.74) is 8.14. The summed E-state index contributed by atoms with van der Waals surface area (Å²) in [5, 5.41) is 9.94. The fourth-order valence-electron chi connectivity index (χ4n) is 1.55. The fourth-order valence-corrected chi connectivity index (χ4v) is 2.65. The van der Waals surface area contributed by atoms with E-state index in [1.807, 2.05) is 13.0 Å². The molecule has 0 aliphatic carbocycles. The third kappa shape index (κ3) is 2.57. The quantitative estimate of drug-likeness (QED) is 0.905. The van der Waals surface area contributed by atoms with E-state index in [-0.39, 0.29) is 0 Å². The number of nitrogen functional groups attached to an aromatic ring is 1. The molecule has 0 radical (unpaired) electrons. The molecule has 1 aromatic carbocycles. The Morgan fingerprint density at radius 1 is 1.53 bits per heavy atom. The summed E-state index contributed by atoms with van der Waals surface area (Å²) in [4.78, 5) is 5.28. The lowest BCUT2D eigenvalue weighted by Crippen LogP contribution is -1.90. The Kier molecular flexibility index (Phi) is 3.32. The van der Waals surface area contributed by atoms with Crippen LogP contribution < -0.4 is 5.73 Å². The zero-order valence-corrected chi connectivity index (χ0v) is 10.8. The SMILES string of the molecule is Cc1nc(N)sc1Cc1ccc(C#N)cc1Cl. The first kappa shape index (κ1) is 11.9. The van der Waals surface area contributed by atoms with E-state index in [9.17, 15) is 0 Å². The summed E-state index contributed by atoms with van der Waals surface area (Å²) >= 11 is 7.59. The lowest BCUT2D eigenvalue weighted by Gasteiger charge is -2.03. The molecule has 2 rings (SSSR count). The van der Waals surface area contributed by atoms with Crippen LogP contribution in [0, 0.1) is 18.3 Å². The Bertz CT molecular complexity index is 598. The van der Waals surface area contributed by atoms with Crippen molar-refractivity contribution in [1.82, 2.24) is 4.98 Å². The molecule has 2 aromatic rings. The highest BCUT2D eigenvalue weighted by atomic mass is 35.5. The first-order valence-corrected chi connectivity index (χ1v) is 6.20. The second kappa shape index (κ2) is 4.74. The summed E-state index contributed by atoms with van der Waals surface area (Å²) in [6.07, 6.45) is 0.700. The number of aromatic nitrogens is 1. The number of nitrogens with zero attached hydrogens (tertiary/aromatic N) is 2. The molecule has 2 N–H and O–H groups in total. The van der Waals surface area contributed by atoms with Gasteiger partial charge in [-0.15, -0.1) is 11.3 Å². The molecule has 17 heavy (non-hydrogen) atoms. The number of nitriles is 1. The highest BCUT2D eigenvalue weighted by Crippen LogP contribution is 2.26. The number of benzene rings is 1. The lowest BCUT2D eigenvalue weighted by molar-refractivity contribution is 1.15. The van der Waals surface area contributed by atoms with Crippen molar-refractivity contribution in [1.29, 1.82) is 5.26 Å². The third-order valence-electron chi connectivity index (χ3n) is 2.44. The first-order valence-electron chi connectivity index (χ1n) is 5.00. The van der Waals surface area contributed by atoms with Crippen LogP contribution in [0.3, 0.4) is 0 Å². The lowest BCUT2D eigenvalue weighted by atomic mass is 10.1. The van der Waals surface area contributed by atoms with E-state index in [0.29, 0.717) is 22.1 Å². The summed E-state index contributed by atoms with van der Waals surface area (Å²) < 4.78 is 0. The van der Waals surface area contributed by atoms with Gasteiger partial charge in [-0.2, -0.15) is 5.26 Å². The fraction of sp³-hybridized carbons (Fsp3) is 0.167. The van der Waals surface area contributed by atoms with Crippen LogP contribution in [0.5, 0.6) is 0 Å². The minimum absolute atomic E-state index is 0.569. The van der Waals surface area contributed by atoms with Crippen molar-refractivity contribution in [2.75, 3.05) is 5.73 Å². The number of nitrogens with two attached hydrogens (primary N) is 1. The van der Waals surface area contributed by atoms with Crippen LogP contribution in [-0.2, 0) is 6.42 Å². The molecular weight excluding hydrogens is 254 g/mol. The molecule has 0 saturated carbocycles. The monoisotopic (exact) mass is 263 g/mol. The van der Waals surface area contributed by atoms with Gasteiger partial charge in [0.05, 0.1) is 17.3 Å². The van der Waals surface area contributed by atoms with Gasteiger partial charge in [0.25, 0.3) is 0 Å². The van der Waals surface area contributed by atoms with Gasteiger partial charge in [0, 0.05) is 16.3 Å². The molecule has 0 unspecified atom stereocenters. The molecule has 86 valence electrons. The van der Waals surface area contributed by atoms with Crippen LogP contribution in [-0.4, -0.2) is 4.98 Å². The molecule has 3 nitrogen and oxygen atoms in total. The van der Waals surface area contributed by atoms with Crippen molar-refractivity contribution in [3.8, 4) is 6.07 Å². The average molecular weight is 264 g/mol. The number of hydrogen-bond acceptors (Lipinski definition) is 4. The third-order valence-corrected chi connectivity index (χ3v) is 3.78. The number of anilines is 1. The second-order valence-electron chi connectivity index (χ2n) is 3.66. The second-order valence-corrected chi connectivity index (χ2v) is 5.18. The van der Waals surface area contributed by atoms with E-state index >= 15 is 0 Å². The van der Waals surface area contributed by atoms with Gasteiger partial charge in [-0.3, -0.25) is 0 Å². The van der Waals surface area contributed by atoms with Gasteiger partial charge in [-0.25, -0.2) is 4.98 Å². The Hall–Kier alpha value is -1.57. The maximum atomic E-state index is 8.76. The van der Waals surface area contributed by atoms with Crippen molar-refractivity contribution in [2.24, 2.45) is 0 Å². The van der Waals surface area contributed by atoms with Crippen molar-refractivity contribution in [3.63, 3.8) is 0 Å². The Labute approximate surface area is 108 Å². The largest absolute Gasteiger partial charge is 0.375 e. The Morgan fingerprint density at radius 3 is 2.82 bits per heavy atom. The van der Waals surface area contributed by atoms with Gasteiger partial charge < -0.3 is 5.73 Å². The first-order chi connectivity index (χ1) is 8.10. The molecule has 0 bridgehead atoms. The number of thiazole rings is 1. The van der Waals surface area contributed by atoms with Crippen LogP contribution >= 0.6 is 22.9 Å². The van der Waals surface area contributed by atoms with Crippen LogP contribution in [0.1, 0.15) is 21.7 Å². The number of halogens is 1. The highest BCUT2D eigenvalue weighted by molar-refractivity contribution is 7.15. The predicted octanol–water partition coefficient (Wildman–Crippen LogP) is 3.15. The zero-order valence-electron chi connectivity index (χ0n) is 9.20. The summed E-state index contributed by atoms with van der Waals surface area (Å²) in [6.45, 7) is 1.93. The van der Waals surface area contributed by atoms with E-state index in [2.05, 4.69) is 11.1 Å². The van der Waals surface area contributed by atoms with Gasteiger partial charge in [0.15, 0.2) is 5.13 Å². The number of hydrogen-bond donors (Lipinski definition) is 1. The summed E-state index contributed by atoms with van der Waals surface area (Å²) in [6, 6.07) is 7.37. The molecule has 0 saturated heterocycles. The molecule has 0 aliphatic heterocycles. The molecule has 0 amide bonds. The minimum Gasteiger partial charge on any atom is -0.375 e. The van der Waals surface area contributed by atoms with Crippen molar-refractivity contribution in [2.45, 2.75) is 13.3 Å². The van der Waals surface area contributed by atoms with Crippen LogP contribution in [0.4, 0.5) is 5.13 Å². The average Bonchev–Trinajstić information content (AvgIpc) is 2.60. The van der Waals surface area contributed by atoms with E-state index in [1.165, 1.54) is 11.3 Å². The molecule has 1 aromatic heterocycles. The Balaban J connectivity index is 2.31. The molecular formula is C12H10ClN3S. The minimum atomic E-state index is 0.569. The number of aryl methyl sites for hydroxylation is 1. The van der Waals surface area contributed by atoms with Gasteiger partial charge >= 0.3 is 0 Å². The van der Waals surface area contributed by atoms with E-state index in [1.54, 1.807) is 12.1 Å². The van der Waals surface area contributed by atoms with Crippen molar-refractivity contribution < 1.29 is 0 Å². The van der Waals surface area contributed by atoms with Crippen molar-refractivity contribution in [3.05, 3.63) is 44.9 Å². The molecule has 5 heteroatoms. The summed E-state index contributed by atoms with van der Waals surface area (Å²) in [5.74, 6) is 0. The molecule has 0 spiro atoms. The smallest absolute Gasteiger partial charge is 0.180 e. The molecule has 0 atom stereocenters. The van der Waals surface area contributed by atoms with E-state index < -0.39 is 0 Å². The van der Waals surface area contributed by atoms with Crippen LogP contribution in [0.25, 0.3) is 0 Å². The van der Waals surface area contributed by atoms with E-state index in [4.69, 9.17) is 22.6 Å². The predicted molar refractivity (Wildman–Crippen MR) is 70.2 cm³/mol. The molecule has 1 heterocycles. The number of rotatable bonds is 2. The molecule has 0 aliphatic rings.